The number of carbonyl (C=O) groups is 1. The van der Waals surface area contributed by atoms with Gasteiger partial charge in [-0.3, -0.25) is 14.7 Å². The van der Waals surface area contributed by atoms with E-state index in [1.54, 1.807) is 6.20 Å². The lowest BCUT2D eigenvalue weighted by Gasteiger charge is -2.30. The summed E-state index contributed by atoms with van der Waals surface area (Å²) in [6.07, 6.45) is 4.30. The molecule has 1 saturated heterocycles. The number of benzene rings is 1. The van der Waals surface area contributed by atoms with Gasteiger partial charge in [0.25, 0.3) is 5.91 Å². The Balaban J connectivity index is 1.28. The molecule has 1 aromatic carbocycles. The molecule has 2 aliphatic heterocycles. The highest BCUT2D eigenvalue weighted by Crippen LogP contribution is 2.20. The van der Waals surface area contributed by atoms with E-state index in [1.807, 2.05) is 13.0 Å². The predicted molar refractivity (Wildman–Crippen MR) is 122 cm³/mol. The smallest absolute Gasteiger partial charge is 0.251 e. The summed E-state index contributed by atoms with van der Waals surface area (Å²) in [5, 5.41) is 13.4. The van der Waals surface area contributed by atoms with Gasteiger partial charge in [0.15, 0.2) is 0 Å². The van der Waals surface area contributed by atoms with Gasteiger partial charge < -0.3 is 15.3 Å². The van der Waals surface area contributed by atoms with E-state index in [2.05, 4.69) is 51.4 Å². The number of aryl methyl sites for hydroxylation is 1. The highest BCUT2D eigenvalue weighted by atomic mass is 16.3. The first-order valence-electron chi connectivity index (χ1n) is 11.4. The molecule has 0 bridgehead atoms. The van der Waals surface area contributed by atoms with Gasteiger partial charge in [0.1, 0.15) is 0 Å². The normalized spacial score (nSPS) is 20.4. The summed E-state index contributed by atoms with van der Waals surface area (Å²) in [7, 11) is 2.15. The number of aliphatic hydroxyl groups is 1. The van der Waals surface area contributed by atoms with E-state index < -0.39 is 6.10 Å². The molecule has 31 heavy (non-hydrogen) atoms. The Morgan fingerprint density at radius 3 is 2.87 bits per heavy atom. The summed E-state index contributed by atoms with van der Waals surface area (Å²) >= 11 is 0. The third kappa shape index (κ3) is 5.70. The molecule has 6 nitrogen and oxygen atoms in total. The molecule has 2 aliphatic rings. The number of amides is 1. The van der Waals surface area contributed by atoms with Gasteiger partial charge in [-0.1, -0.05) is 24.3 Å². The van der Waals surface area contributed by atoms with Crippen molar-refractivity contribution in [2.24, 2.45) is 5.92 Å². The van der Waals surface area contributed by atoms with E-state index in [9.17, 15) is 9.90 Å². The summed E-state index contributed by atoms with van der Waals surface area (Å²) in [5.41, 5.74) is 5.24. The van der Waals surface area contributed by atoms with Crippen molar-refractivity contribution < 1.29 is 9.90 Å². The second kappa shape index (κ2) is 9.90. The zero-order valence-electron chi connectivity index (χ0n) is 18.7. The highest BCUT2D eigenvalue weighted by Gasteiger charge is 2.22. The number of fused-ring (bicyclic) bond motifs is 1. The van der Waals surface area contributed by atoms with E-state index >= 15 is 0 Å². The van der Waals surface area contributed by atoms with Gasteiger partial charge in [-0.2, -0.15) is 0 Å². The predicted octanol–water partition coefficient (Wildman–Crippen LogP) is 2.03. The summed E-state index contributed by atoms with van der Waals surface area (Å²) in [6.45, 7) is 6.73. The quantitative estimate of drug-likeness (QED) is 0.715. The summed E-state index contributed by atoms with van der Waals surface area (Å²) in [4.78, 5) is 21.9. The number of hydrogen-bond donors (Lipinski definition) is 2. The Morgan fingerprint density at radius 1 is 1.29 bits per heavy atom. The first-order chi connectivity index (χ1) is 15.0. The third-order valence-corrected chi connectivity index (χ3v) is 6.57. The number of hydrogen-bond acceptors (Lipinski definition) is 5. The maximum atomic E-state index is 12.8. The average Bonchev–Trinajstić information content (AvgIpc) is 3.18. The van der Waals surface area contributed by atoms with E-state index in [0.717, 1.165) is 50.3 Å². The number of nitrogens with zero attached hydrogens (tertiary/aromatic N) is 3. The van der Waals surface area contributed by atoms with Crippen LogP contribution in [0.2, 0.25) is 0 Å². The van der Waals surface area contributed by atoms with Crippen LogP contribution in [-0.4, -0.2) is 71.7 Å². The van der Waals surface area contributed by atoms with Gasteiger partial charge in [-0.15, -0.1) is 0 Å². The molecule has 0 spiro atoms. The van der Waals surface area contributed by atoms with Crippen molar-refractivity contribution in [1.29, 1.82) is 0 Å². The van der Waals surface area contributed by atoms with Gasteiger partial charge in [-0.25, -0.2) is 0 Å². The molecule has 4 rings (SSSR count). The number of rotatable bonds is 7. The molecule has 0 radical (unpaired) electrons. The number of β-amino-alcohol motifs (C(OH)–C–C–N with tert-alkyl or cyclic N) is 1. The van der Waals surface area contributed by atoms with Crippen LogP contribution < -0.4 is 5.32 Å². The fourth-order valence-electron chi connectivity index (χ4n) is 4.79. The van der Waals surface area contributed by atoms with Crippen molar-refractivity contribution in [3.8, 4) is 0 Å². The van der Waals surface area contributed by atoms with Crippen molar-refractivity contribution in [2.75, 3.05) is 39.8 Å². The zero-order valence-corrected chi connectivity index (χ0v) is 18.7. The molecule has 6 heteroatoms. The Bertz CT molecular complexity index is 916. The SMILES string of the molecule is Cc1cnc(CC2CCN(C)C2)cc1C(=O)NC[C@H](O)CN1CCc2ccccc2C1. The monoisotopic (exact) mass is 422 g/mol. The average molecular weight is 423 g/mol. The van der Waals surface area contributed by atoms with E-state index in [1.165, 1.54) is 17.5 Å². The third-order valence-electron chi connectivity index (χ3n) is 6.57. The molecule has 166 valence electrons. The first-order valence-corrected chi connectivity index (χ1v) is 11.4. The van der Waals surface area contributed by atoms with E-state index in [4.69, 9.17) is 0 Å². The van der Waals surface area contributed by atoms with Crippen LogP contribution in [0.5, 0.6) is 0 Å². The fourth-order valence-corrected chi connectivity index (χ4v) is 4.79. The van der Waals surface area contributed by atoms with Gasteiger partial charge in [-0.05, 0) is 68.5 Å². The molecular formula is C25H34N4O2. The van der Waals surface area contributed by atoms with Crippen LogP contribution in [0.3, 0.4) is 0 Å². The standard InChI is InChI=1S/C25H34N4O2/c1-18-13-26-22(11-19-7-9-28(2)15-19)12-24(18)25(31)27-14-23(30)17-29-10-8-20-5-3-4-6-21(20)16-29/h3-6,12-13,19,23,30H,7-11,14-17H2,1-2H3,(H,27,31)/t19?,23-/m0/s1. The van der Waals surface area contributed by atoms with Crippen molar-refractivity contribution >= 4 is 5.91 Å². The van der Waals surface area contributed by atoms with Crippen LogP contribution in [0.25, 0.3) is 0 Å². The lowest BCUT2D eigenvalue weighted by atomic mass is 9.99. The number of aliphatic hydroxyl groups excluding tert-OH is 1. The zero-order chi connectivity index (χ0) is 21.8. The summed E-state index contributed by atoms with van der Waals surface area (Å²) in [5.74, 6) is 0.473. The molecule has 3 heterocycles. The number of nitrogens with one attached hydrogen (secondary N) is 1. The van der Waals surface area contributed by atoms with Gasteiger partial charge >= 0.3 is 0 Å². The Labute approximate surface area is 185 Å². The number of carbonyl (C=O) groups excluding carboxylic acids is 1. The second-order valence-corrected chi connectivity index (χ2v) is 9.23. The van der Waals surface area contributed by atoms with E-state index in [-0.39, 0.29) is 12.5 Å². The Kier molecular flexibility index (Phi) is 7.00. The van der Waals surface area contributed by atoms with Crippen molar-refractivity contribution in [2.45, 2.75) is 38.8 Å². The molecule has 0 aliphatic carbocycles. The largest absolute Gasteiger partial charge is 0.390 e. The van der Waals surface area contributed by atoms with Crippen molar-refractivity contribution in [1.82, 2.24) is 20.1 Å². The minimum absolute atomic E-state index is 0.132. The highest BCUT2D eigenvalue weighted by molar-refractivity contribution is 5.95. The molecule has 1 unspecified atom stereocenters. The number of aromatic nitrogens is 1. The van der Waals surface area contributed by atoms with Crippen molar-refractivity contribution in [3.05, 3.63) is 64.5 Å². The topological polar surface area (TPSA) is 68.7 Å². The van der Waals surface area contributed by atoms with Crippen LogP contribution in [-0.2, 0) is 19.4 Å². The molecule has 2 atom stereocenters. The van der Waals surface area contributed by atoms with Crippen LogP contribution >= 0.6 is 0 Å². The van der Waals surface area contributed by atoms with Crippen LogP contribution in [0.15, 0.2) is 36.5 Å². The molecule has 2 aromatic rings. The molecule has 1 amide bonds. The van der Waals surface area contributed by atoms with Crippen LogP contribution in [0, 0.1) is 12.8 Å². The lowest BCUT2D eigenvalue weighted by molar-refractivity contribution is 0.0841. The molecule has 0 saturated carbocycles. The summed E-state index contributed by atoms with van der Waals surface area (Å²) in [6, 6.07) is 10.4. The molecule has 2 N–H and O–H groups in total. The fraction of sp³-hybridized carbons (Fsp3) is 0.520. The van der Waals surface area contributed by atoms with Crippen LogP contribution in [0.4, 0.5) is 0 Å². The Morgan fingerprint density at radius 2 is 2.10 bits per heavy atom. The summed E-state index contributed by atoms with van der Waals surface area (Å²) < 4.78 is 0. The number of likely N-dealkylation sites (tertiary alicyclic amines) is 1. The maximum Gasteiger partial charge on any atom is 0.251 e. The van der Waals surface area contributed by atoms with Gasteiger partial charge in [0.2, 0.25) is 0 Å². The van der Waals surface area contributed by atoms with Gasteiger partial charge in [0, 0.05) is 50.2 Å². The minimum Gasteiger partial charge on any atom is -0.390 e. The Hall–Kier alpha value is -2.28. The van der Waals surface area contributed by atoms with Gasteiger partial charge in [0.05, 0.1) is 6.10 Å². The molecule has 1 aromatic heterocycles. The lowest BCUT2D eigenvalue weighted by Crippen LogP contribution is -2.42. The number of pyridine rings is 1. The van der Waals surface area contributed by atoms with Crippen molar-refractivity contribution in [3.63, 3.8) is 0 Å². The van der Waals surface area contributed by atoms with E-state index in [0.29, 0.717) is 18.0 Å². The molecular weight excluding hydrogens is 388 g/mol. The second-order valence-electron chi connectivity index (χ2n) is 9.23. The van der Waals surface area contributed by atoms with Crippen LogP contribution in [0.1, 0.15) is 39.2 Å². The maximum absolute atomic E-state index is 12.8. The first kappa shape index (κ1) is 21.9. The minimum atomic E-state index is -0.593. The molecule has 1 fully saturated rings.